The Kier molecular flexibility index (Phi) is 3.81. The first-order valence-electron chi connectivity index (χ1n) is 5.46. The van der Waals surface area contributed by atoms with Crippen molar-refractivity contribution in [2.45, 2.75) is 18.8 Å². The van der Waals surface area contributed by atoms with E-state index in [1.54, 1.807) is 24.1 Å². The van der Waals surface area contributed by atoms with Crippen LogP contribution in [0.3, 0.4) is 0 Å². The van der Waals surface area contributed by atoms with Gasteiger partial charge in [-0.25, -0.2) is 9.07 Å². The number of ether oxygens (including phenoxy) is 1. The van der Waals surface area contributed by atoms with Gasteiger partial charge in [0.25, 0.3) is 0 Å². The van der Waals surface area contributed by atoms with Crippen LogP contribution in [0.1, 0.15) is 23.6 Å². The summed E-state index contributed by atoms with van der Waals surface area (Å²) >= 11 is 5.90. The van der Waals surface area contributed by atoms with Crippen molar-refractivity contribution in [1.82, 2.24) is 15.0 Å². The SMILES string of the molecule is COc1ccc(F)cc1Cn1cc(C(C)Cl)nn1. The maximum absolute atomic E-state index is 13.2. The van der Waals surface area contributed by atoms with E-state index in [1.807, 2.05) is 6.92 Å². The fraction of sp³-hybridized carbons (Fsp3) is 0.333. The number of alkyl halides is 1. The maximum Gasteiger partial charge on any atom is 0.124 e. The van der Waals surface area contributed by atoms with E-state index < -0.39 is 0 Å². The van der Waals surface area contributed by atoms with Gasteiger partial charge >= 0.3 is 0 Å². The molecule has 0 N–H and O–H groups in total. The average molecular weight is 270 g/mol. The van der Waals surface area contributed by atoms with Gasteiger partial charge in [-0.05, 0) is 25.1 Å². The number of benzene rings is 1. The molecule has 0 bridgehead atoms. The van der Waals surface area contributed by atoms with Crippen LogP contribution in [0.4, 0.5) is 4.39 Å². The molecule has 0 aliphatic heterocycles. The second-order valence-corrected chi connectivity index (χ2v) is 4.57. The summed E-state index contributed by atoms with van der Waals surface area (Å²) < 4.78 is 20.0. The molecule has 2 rings (SSSR count). The van der Waals surface area contributed by atoms with E-state index in [1.165, 1.54) is 12.1 Å². The van der Waals surface area contributed by atoms with Crippen molar-refractivity contribution in [3.05, 3.63) is 41.5 Å². The normalized spacial score (nSPS) is 12.4. The van der Waals surface area contributed by atoms with Crippen LogP contribution in [0.25, 0.3) is 0 Å². The first-order valence-corrected chi connectivity index (χ1v) is 5.90. The molecule has 0 spiro atoms. The molecule has 1 aromatic heterocycles. The summed E-state index contributed by atoms with van der Waals surface area (Å²) in [6.07, 6.45) is 1.74. The first-order chi connectivity index (χ1) is 8.60. The minimum absolute atomic E-state index is 0.201. The molecule has 1 aromatic carbocycles. The number of nitrogens with zero attached hydrogens (tertiary/aromatic N) is 3. The van der Waals surface area contributed by atoms with Crippen LogP contribution in [0.15, 0.2) is 24.4 Å². The minimum Gasteiger partial charge on any atom is -0.496 e. The van der Waals surface area contributed by atoms with Gasteiger partial charge in [-0.15, -0.1) is 16.7 Å². The molecule has 0 saturated heterocycles. The highest BCUT2D eigenvalue weighted by atomic mass is 35.5. The molecule has 0 fully saturated rings. The molecule has 1 atom stereocenters. The smallest absolute Gasteiger partial charge is 0.124 e. The number of hydrogen-bond donors (Lipinski definition) is 0. The van der Waals surface area contributed by atoms with Crippen molar-refractivity contribution in [2.75, 3.05) is 7.11 Å². The Bertz CT molecular complexity index is 542. The van der Waals surface area contributed by atoms with Crippen molar-refractivity contribution >= 4 is 11.6 Å². The fourth-order valence-electron chi connectivity index (χ4n) is 1.62. The summed E-state index contributed by atoms with van der Waals surface area (Å²) in [6.45, 7) is 2.20. The molecule has 18 heavy (non-hydrogen) atoms. The molecular weight excluding hydrogens is 257 g/mol. The van der Waals surface area contributed by atoms with Gasteiger partial charge in [-0.2, -0.15) is 0 Å². The van der Waals surface area contributed by atoms with Crippen LogP contribution in [-0.4, -0.2) is 22.1 Å². The molecule has 0 amide bonds. The van der Waals surface area contributed by atoms with Gasteiger partial charge < -0.3 is 4.74 Å². The number of rotatable bonds is 4. The summed E-state index contributed by atoms with van der Waals surface area (Å²) in [6, 6.07) is 4.37. The fourth-order valence-corrected chi connectivity index (χ4v) is 1.72. The molecule has 0 saturated carbocycles. The van der Waals surface area contributed by atoms with Crippen LogP contribution in [0.2, 0.25) is 0 Å². The van der Waals surface area contributed by atoms with Gasteiger partial charge in [0.1, 0.15) is 17.3 Å². The van der Waals surface area contributed by atoms with E-state index in [0.717, 1.165) is 0 Å². The maximum atomic E-state index is 13.2. The van der Waals surface area contributed by atoms with E-state index in [4.69, 9.17) is 16.3 Å². The molecule has 6 heteroatoms. The highest BCUT2D eigenvalue weighted by Crippen LogP contribution is 2.21. The topological polar surface area (TPSA) is 39.9 Å². The lowest BCUT2D eigenvalue weighted by Gasteiger charge is -2.08. The van der Waals surface area contributed by atoms with Crippen molar-refractivity contribution in [3.63, 3.8) is 0 Å². The third kappa shape index (κ3) is 2.79. The molecule has 96 valence electrons. The van der Waals surface area contributed by atoms with Crippen LogP contribution < -0.4 is 4.74 Å². The summed E-state index contributed by atoms with van der Waals surface area (Å²) in [7, 11) is 1.55. The van der Waals surface area contributed by atoms with Gasteiger partial charge in [0, 0.05) is 5.56 Å². The largest absolute Gasteiger partial charge is 0.496 e. The monoisotopic (exact) mass is 269 g/mol. The summed E-state index contributed by atoms with van der Waals surface area (Å²) in [4.78, 5) is 0. The summed E-state index contributed by atoms with van der Waals surface area (Å²) in [5.41, 5.74) is 1.39. The predicted molar refractivity (Wildman–Crippen MR) is 66.3 cm³/mol. The summed E-state index contributed by atoms with van der Waals surface area (Å²) in [5.74, 6) is 0.309. The number of methoxy groups -OCH3 is 1. The van der Waals surface area contributed by atoms with Gasteiger partial charge in [0.15, 0.2) is 0 Å². The zero-order valence-electron chi connectivity index (χ0n) is 10.1. The van der Waals surface area contributed by atoms with Crippen molar-refractivity contribution in [2.24, 2.45) is 0 Å². The molecule has 0 radical (unpaired) electrons. The van der Waals surface area contributed by atoms with Crippen LogP contribution in [-0.2, 0) is 6.54 Å². The quantitative estimate of drug-likeness (QED) is 0.802. The molecule has 4 nitrogen and oxygen atoms in total. The van der Waals surface area contributed by atoms with E-state index in [9.17, 15) is 4.39 Å². The molecular formula is C12H13ClFN3O. The average Bonchev–Trinajstić information content (AvgIpc) is 2.78. The Morgan fingerprint density at radius 1 is 1.50 bits per heavy atom. The highest BCUT2D eigenvalue weighted by molar-refractivity contribution is 6.20. The number of hydrogen-bond acceptors (Lipinski definition) is 3. The second kappa shape index (κ2) is 5.35. The van der Waals surface area contributed by atoms with E-state index in [2.05, 4.69) is 10.3 Å². The zero-order chi connectivity index (χ0) is 13.1. The van der Waals surface area contributed by atoms with Crippen LogP contribution >= 0.6 is 11.6 Å². The predicted octanol–water partition coefficient (Wildman–Crippen LogP) is 2.77. The lowest BCUT2D eigenvalue weighted by Crippen LogP contribution is -2.03. The van der Waals surface area contributed by atoms with Gasteiger partial charge in [-0.3, -0.25) is 0 Å². The molecule has 0 aliphatic rings. The van der Waals surface area contributed by atoms with Gasteiger partial charge in [-0.1, -0.05) is 5.21 Å². The minimum atomic E-state index is -0.308. The van der Waals surface area contributed by atoms with Crippen molar-refractivity contribution < 1.29 is 9.13 Å². The first kappa shape index (κ1) is 12.8. The number of aromatic nitrogens is 3. The molecule has 0 aliphatic carbocycles. The third-order valence-electron chi connectivity index (χ3n) is 2.54. The molecule has 1 unspecified atom stereocenters. The van der Waals surface area contributed by atoms with Crippen LogP contribution in [0.5, 0.6) is 5.75 Å². The van der Waals surface area contributed by atoms with Crippen molar-refractivity contribution in [1.29, 1.82) is 0 Å². The Balaban J connectivity index is 2.24. The number of halogens is 2. The van der Waals surface area contributed by atoms with E-state index in [0.29, 0.717) is 23.6 Å². The highest BCUT2D eigenvalue weighted by Gasteiger charge is 2.09. The second-order valence-electron chi connectivity index (χ2n) is 3.91. The zero-order valence-corrected chi connectivity index (χ0v) is 10.9. The van der Waals surface area contributed by atoms with Gasteiger partial charge in [0.2, 0.25) is 0 Å². The van der Waals surface area contributed by atoms with Crippen molar-refractivity contribution in [3.8, 4) is 5.75 Å². The third-order valence-corrected chi connectivity index (χ3v) is 2.76. The van der Waals surface area contributed by atoms with E-state index in [-0.39, 0.29) is 11.2 Å². The van der Waals surface area contributed by atoms with Crippen LogP contribution in [0, 0.1) is 5.82 Å². The molecule has 1 heterocycles. The Labute approximate surface area is 109 Å². The Morgan fingerprint density at radius 2 is 2.28 bits per heavy atom. The standard InChI is InChI=1S/C12H13ClFN3O/c1-8(13)11-7-17(16-15-11)6-9-5-10(14)3-4-12(9)18-2/h3-5,7-8H,6H2,1-2H3. The molecule has 2 aromatic rings. The lowest BCUT2D eigenvalue weighted by molar-refractivity contribution is 0.405. The van der Waals surface area contributed by atoms with E-state index >= 15 is 0 Å². The van der Waals surface area contributed by atoms with Gasteiger partial charge in [0.05, 0.1) is 25.2 Å². The Hall–Kier alpha value is -1.62. The Morgan fingerprint density at radius 3 is 2.89 bits per heavy atom. The summed E-state index contributed by atoms with van der Waals surface area (Å²) in [5, 5.41) is 7.68. The lowest BCUT2D eigenvalue weighted by atomic mass is 10.2.